The number of nitrogens with zero attached hydrogens (tertiary/aromatic N) is 1. The fourth-order valence-corrected chi connectivity index (χ4v) is 4.38. The van der Waals surface area contributed by atoms with E-state index < -0.39 is 10.0 Å². The number of ether oxygens (including phenoxy) is 2. The molecule has 130 valence electrons. The summed E-state index contributed by atoms with van der Waals surface area (Å²) in [7, 11) is -0.270. The summed E-state index contributed by atoms with van der Waals surface area (Å²) in [5, 5.41) is 0. The van der Waals surface area contributed by atoms with Gasteiger partial charge in [-0.15, -0.1) is 0 Å². The Morgan fingerprint density at radius 1 is 1.26 bits per heavy atom. The van der Waals surface area contributed by atoms with Crippen molar-refractivity contribution in [1.29, 1.82) is 0 Å². The van der Waals surface area contributed by atoms with Crippen molar-refractivity contribution in [1.82, 2.24) is 4.31 Å². The first kappa shape index (κ1) is 18.2. The maximum Gasteiger partial charge on any atom is 0.243 e. The summed E-state index contributed by atoms with van der Waals surface area (Å²) in [6, 6.07) is 3.47. The minimum absolute atomic E-state index is 0.181. The van der Waals surface area contributed by atoms with E-state index >= 15 is 0 Å². The molecule has 23 heavy (non-hydrogen) atoms. The second-order valence-corrected chi connectivity index (χ2v) is 8.20. The maximum absolute atomic E-state index is 12.8. The molecule has 1 aromatic carbocycles. The van der Waals surface area contributed by atoms with Crippen LogP contribution in [0.1, 0.15) is 36.8 Å². The number of hydrogen-bond acceptors (Lipinski definition) is 4. The van der Waals surface area contributed by atoms with Crippen molar-refractivity contribution in [3.63, 3.8) is 0 Å². The lowest BCUT2D eigenvalue weighted by molar-refractivity contribution is 0.00950. The molecule has 0 aromatic heterocycles. The van der Waals surface area contributed by atoms with Crippen LogP contribution in [0.3, 0.4) is 0 Å². The predicted octanol–water partition coefficient (Wildman–Crippen LogP) is 2.89. The van der Waals surface area contributed by atoms with Crippen LogP contribution in [0.2, 0.25) is 0 Å². The van der Waals surface area contributed by atoms with Gasteiger partial charge >= 0.3 is 0 Å². The van der Waals surface area contributed by atoms with Gasteiger partial charge in [-0.05, 0) is 62.8 Å². The summed E-state index contributed by atoms with van der Waals surface area (Å²) in [5.41, 5.74) is 1.52. The summed E-state index contributed by atoms with van der Waals surface area (Å²) >= 11 is 0. The molecule has 0 radical (unpaired) electrons. The Kier molecular flexibility index (Phi) is 6.06. The van der Waals surface area contributed by atoms with E-state index in [0.717, 1.165) is 37.9 Å². The van der Waals surface area contributed by atoms with E-state index in [0.29, 0.717) is 22.8 Å². The molecule has 0 aliphatic carbocycles. The molecule has 0 saturated carbocycles. The Balaban J connectivity index is 2.12. The van der Waals surface area contributed by atoms with Crippen molar-refractivity contribution in [2.24, 2.45) is 0 Å². The zero-order valence-electron chi connectivity index (χ0n) is 14.5. The van der Waals surface area contributed by atoms with Gasteiger partial charge in [0.05, 0.1) is 18.1 Å². The van der Waals surface area contributed by atoms with Gasteiger partial charge in [0.15, 0.2) is 0 Å². The van der Waals surface area contributed by atoms with Crippen molar-refractivity contribution in [2.45, 2.75) is 50.5 Å². The Morgan fingerprint density at radius 3 is 2.61 bits per heavy atom. The first-order valence-electron chi connectivity index (χ1n) is 8.09. The first-order valence-corrected chi connectivity index (χ1v) is 9.53. The minimum atomic E-state index is -3.50. The van der Waals surface area contributed by atoms with Crippen molar-refractivity contribution in [3.05, 3.63) is 23.3 Å². The van der Waals surface area contributed by atoms with Crippen LogP contribution in [0.5, 0.6) is 5.75 Å². The van der Waals surface area contributed by atoms with Gasteiger partial charge in [0.25, 0.3) is 0 Å². The van der Waals surface area contributed by atoms with E-state index in [4.69, 9.17) is 9.47 Å². The number of rotatable bonds is 6. The minimum Gasteiger partial charge on any atom is -0.496 e. The average molecular weight is 341 g/mol. The monoisotopic (exact) mass is 341 g/mol. The van der Waals surface area contributed by atoms with Gasteiger partial charge in [-0.3, -0.25) is 0 Å². The number of hydrogen-bond donors (Lipinski definition) is 0. The van der Waals surface area contributed by atoms with Crippen LogP contribution in [0.4, 0.5) is 0 Å². The number of sulfonamides is 1. The molecule has 1 fully saturated rings. The highest BCUT2D eigenvalue weighted by atomic mass is 32.2. The smallest absolute Gasteiger partial charge is 0.243 e. The van der Waals surface area contributed by atoms with Crippen LogP contribution in [-0.4, -0.2) is 46.1 Å². The van der Waals surface area contributed by atoms with Crippen LogP contribution in [0.15, 0.2) is 17.0 Å². The number of benzene rings is 1. The summed E-state index contributed by atoms with van der Waals surface area (Å²) < 4.78 is 38.0. The lowest BCUT2D eigenvalue weighted by Crippen LogP contribution is -2.32. The van der Waals surface area contributed by atoms with Gasteiger partial charge in [-0.2, -0.15) is 0 Å². The van der Waals surface area contributed by atoms with E-state index in [-0.39, 0.29) is 6.10 Å². The maximum atomic E-state index is 12.8. The third kappa shape index (κ3) is 4.25. The molecule has 0 spiro atoms. The van der Waals surface area contributed by atoms with Crippen LogP contribution in [0, 0.1) is 13.8 Å². The third-order valence-electron chi connectivity index (χ3n) is 4.42. The van der Waals surface area contributed by atoms with E-state index in [2.05, 4.69) is 0 Å². The van der Waals surface area contributed by atoms with Crippen molar-refractivity contribution in [2.75, 3.05) is 27.3 Å². The van der Waals surface area contributed by atoms with Gasteiger partial charge in [-0.25, -0.2) is 12.7 Å². The van der Waals surface area contributed by atoms with Crippen LogP contribution >= 0.6 is 0 Å². The molecule has 1 aliphatic rings. The molecule has 5 nitrogen and oxygen atoms in total. The average Bonchev–Trinajstić information content (AvgIpc) is 2.55. The largest absolute Gasteiger partial charge is 0.496 e. The van der Waals surface area contributed by atoms with E-state index in [1.807, 2.05) is 6.92 Å². The molecule has 1 aromatic rings. The van der Waals surface area contributed by atoms with Gasteiger partial charge in [0, 0.05) is 20.2 Å². The van der Waals surface area contributed by atoms with E-state index in [1.54, 1.807) is 33.2 Å². The highest BCUT2D eigenvalue weighted by Gasteiger charge is 2.25. The Bertz CT molecular complexity index is 636. The lowest BCUT2D eigenvalue weighted by atomic mass is 10.1. The number of methoxy groups -OCH3 is 1. The topological polar surface area (TPSA) is 55.8 Å². The second-order valence-electron chi connectivity index (χ2n) is 6.19. The second kappa shape index (κ2) is 7.64. The summed E-state index contributed by atoms with van der Waals surface area (Å²) in [6.45, 7) is 4.91. The molecule has 1 aliphatic heterocycles. The van der Waals surface area contributed by atoms with Crippen LogP contribution < -0.4 is 4.74 Å². The summed E-state index contributed by atoms with van der Waals surface area (Å²) in [5.74, 6) is 0.708. The number of aryl methyl sites for hydroxylation is 2. The molecule has 1 saturated heterocycles. The van der Waals surface area contributed by atoms with Crippen LogP contribution in [0.25, 0.3) is 0 Å². The van der Waals surface area contributed by atoms with Crippen LogP contribution in [-0.2, 0) is 14.8 Å². The molecule has 2 rings (SSSR count). The summed E-state index contributed by atoms with van der Waals surface area (Å²) in [4.78, 5) is 0.350. The predicted molar refractivity (Wildman–Crippen MR) is 90.5 cm³/mol. The molecule has 6 heteroatoms. The highest BCUT2D eigenvalue weighted by molar-refractivity contribution is 7.89. The van der Waals surface area contributed by atoms with Gasteiger partial charge < -0.3 is 9.47 Å². The highest BCUT2D eigenvalue weighted by Crippen LogP contribution is 2.27. The molecule has 0 bridgehead atoms. The van der Waals surface area contributed by atoms with Crippen molar-refractivity contribution >= 4 is 10.0 Å². The molecular formula is C17H27NO4S. The zero-order chi connectivity index (χ0) is 17.0. The first-order chi connectivity index (χ1) is 10.9. The molecule has 1 heterocycles. The SMILES string of the molecule is COc1cc(C)c(S(=O)(=O)N(C)CCC2CCCCO2)cc1C. The van der Waals surface area contributed by atoms with E-state index in [9.17, 15) is 8.42 Å². The van der Waals surface area contributed by atoms with Crippen molar-refractivity contribution < 1.29 is 17.9 Å². The third-order valence-corrected chi connectivity index (χ3v) is 6.42. The Morgan fingerprint density at radius 2 is 2.00 bits per heavy atom. The van der Waals surface area contributed by atoms with E-state index in [1.165, 1.54) is 4.31 Å². The standard InChI is InChI=1S/C17H27NO4S/c1-13-12-17(14(2)11-16(13)21-4)23(19,20)18(3)9-8-15-7-5-6-10-22-15/h11-12,15H,5-10H2,1-4H3. The molecule has 1 atom stereocenters. The Labute approximate surface area is 139 Å². The Hall–Kier alpha value is -1.11. The molecule has 0 N–H and O–H groups in total. The fraction of sp³-hybridized carbons (Fsp3) is 0.647. The summed E-state index contributed by atoms with van der Waals surface area (Å²) in [6.07, 6.45) is 4.21. The quantitative estimate of drug-likeness (QED) is 0.798. The van der Waals surface area contributed by atoms with Gasteiger partial charge in [0.1, 0.15) is 5.75 Å². The van der Waals surface area contributed by atoms with Gasteiger partial charge in [0.2, 0.25) is 10.0 Å². The zero-order valence-corrected chi connectivity index (χ0v) is 15.3. The molecule has 0 amide bonds. The van der Waals surface area contributed by atoms with Gasteiger partial charge in [-0.1, -0.05) is 0 Å². The normalized spacial score (nSPS) is 19.1. The fourth-order valence-electron chi connectivity index (χ4n) is 2.91. The molecular weight excluding hydrogens is 314 g/mol. The lowest BCUT2D eigenvalue weighted by Gasteiger charge is -2.25. The molecule has 1 unspecified atom stereocenters. The van der Waals surface area contributed by atoms with Crippen molar-refractivity contribution in [3.8, 4) is 5.75 Å².